The fraction of sp³-hybridized carbons (Fsp3) is 0.524. The van der Waals surface area contributed by atoms with E-state index in [1.54, 1.807) is 31.7 Å². The second-order valence-corrected chi connectivity index (χ2v) is 15.5. The van der Waals surface area contributed by atoms with E-state index in [2.05, 4.69) is 16.0 Å². The Morgan fingerprint density at radius 1 is 0.929 bits per heavy atom. The summed E-state index contributed by atoms with van der Waals surface area (Å²) >= 11 is 0. The molecule has 0 spiro atoms. The van der Waals surface area contributed by atoms with Gasteiger partial charge in [-0.15, -0.1) is 0 Å². The van der Waals surface area contributed by atoms with E-state index < -0.39 is 59.9 Å². The molecule has 0 unspecified atom stereocenters. The molecule has 56 heavy (non-hydrogen) atoms. The molecule has 306 valence electrons. The zero-order valence-corrected chi connectivity index (χ0v) is 33.4. The quantitative estimate of drug-likeness (QED) is 0.0776. The largest absolute Gasteiger partial charge is 0.480 e. The van der Waals surface area contributed by atoms with Crippen molar-refractivity contribution in [3.05, 3.63) is 83.9 Å². The van der Waals surface area contributed by atoms with Gasteiger partial charge >= 0.3 is 18.2 Å². The number of carboxylic acid groups (broad SMARTS) is 1. The highest BCUT2D eigenvalue weighted by molar-refractivity contribution is 5.88. The number of hydrogen-bond acceptors (Lipinski definition) is 8. The maximum atomic E-state index is 14.4. The molecule has 4 N–H and O–H groups in total. The van der Waals surface area contributed by atoms with E-state index in [0.717, 1.165) is 11.1 Å². The van der Waals surface area contributed by atoms with Crippen LogP contribution >= 0.6 is 0 Å². The Bertz CT molecular complexity index is 1610. The van der Waals surface area contributed by atoms with Crippen LogP contribution in [0.3, 0.4) is 0 Å². The predicted octanol–water partition coefficient (Wildman–Crippen LogP) is 5.41. The molecular formula is C42H59N5O9. The monoisotopic (exact) mass is 777 g/mol. The van der Waals surface area contributed by atoms with Gasteiger partial charge in [0.1, 0.15) is 30.5 Å². The van der Waals surface area contributed by atoms with E-state index in [4.69, 9.17) is 9.47 Å². The molecule has 1 saturated heterocycles. The Morgan fingerprint density at radius 3 is 2.16 bits per heavy atom. The third kappa shape index (κ3) is 15.4. The van der Waals surface area contributed by atoms with Gasteiger partial charge in [-0.2, -0.15) is 0 Å². The smallest absolute Gasteiger partial charge is 0.408 e. The number of benzene rings is 2. The van der Waals surface area contributed by atoms with Crippen LogP contribution in [0.4, 0.5) is 9.59 Å². The first-order valence-corrected chi connectivity index (χ1v) is 19.3. The van der Waals surface area contributed by atoms with Crippen LogP contribution in [0.2, 0.25) is 0 Å². The first-order chi connectivity index (χ1) is 26.6. The first-order valence-electron chi connectivity index (χ1n) is 19.3. The third-order valence-corrected chi connectivity index (χ3v) is 9.18. The van der Waals surface area contributed by atoms with E-state index in [-0.39, 0.29) is 37.8 Å². The van der Waals surface area contributed by atoms with Crippen molar-refractivity contribution in [2.45, 2.75) is 117 Å². The summed E-state index contributed by atoms with van der Waals surface area (Å²) in [6, 6.07) is 15.9. The van der Waals surface area contributed by atoms with Crippen LogP contribution in [0.25, 0.3) is 0 Å². The first kappa shape index (κ1) is 45.0. The zero-order valence-electron chi connectivity index (χ0n) is 33.4. The molecule has 5 amide bonds. The number of rotatable bonds is 20. The number of carbonyl (C=O) groups is 6. The second kappa shape index (κ2) is 22.2. The number of alkyl carbamates (subject to hydrolysis) is 2. The number of ether oxygens (including phenoxy) is 2. The molecule has 0 saturated carbocycles. The number of likely N-dealkylation sites (tertiary alicyclic amines) is 1. The minimum atomic E-state index is -1.28. The molecule has 1 aliphatic rings. The molecule has 1 heterocycles. The van der Waals surface area contributed by atoms with Crippen LogP contribution in [-0.4, -0.2) is 94.3 Å². The van der Waals surface area contributed by atoms with Gasteiger partial charge in [-0.25, -0.2) is 14.4 Å². The lowest BCUT2D eigenvalue weighted by Crippen LogP contribution is -2.57. The van der Waals surface area contributed by atoms with Gasteiger partial charge in [0.05, 0.1) is 12.0 Å². The molecule has 2 aromatic carbocycles. The molecule has 5 atom stereocenters. The minimum Gasteiger partial charge on any atom is -0.480 e. The van der Waals surface area contributed by atoms with Gasteiger partial charge in [-0.1, -0.05) is 86.7 Å². The lowest BCUT2D eigenvalue weighted by Gasteiger charge is -2.37. The Labute approximate surface area is 330 Å². The summed E-state index contributed by atoms with van der Waals surface area (Å²) in [5, 5.41) is 17.9. The highest BCUT2D eigenvalue weighted by Gasteiger charge is 2.39. The van der Waals surface area contributed by atoms with Crippen LogP contribution in [0.15, 0.2) is 72.8 Å². The highest BCUT2D eigenvalue weighted by Crippen LogP contribution is 2.26. The Balaban J connectivity index is 1.69. The molecule has 0 aliphatic carbocycles. The topological polar surface area (TPSA) is 184 Å². The van der Waals surface area contributed by atoms with Crippen LogP contribution in [0.1, 0.15) is 84.8 Å². The lowest BCUT2D eigenvalue weighted by molar-refractivity contribution is -0.147. The number of nitrogens with zero attached hydrogens (tertiary/aromatic N) is 2. The van der Waals surface area contributed by atoms with Crippen molar-refractivity contribution in [2.24, 2.45) is 11.8 Å². The number of carbonyl (C=O) groups excluding carboxylic acids is 5. The second-order valence-electron chi connectivity index (χ2n) is 15.5. The molecule has 1 aliphatic heterocycles. The van der Waals surface area contributed by atoms with Gasteiger partial charge in [-0.3, -0.25) is 14.4 Å². The van der Waals surface area contributed by atoms with E-state index in [1.807, 2.05) is 80.6 Å². The van der Waals surface area contributed by atoms with Crippen molar-refractivity contribution in [1.29, 1.82) is 0 Å². The molecule has 0 bridgehead atoms. The van der Waals surface area contributed by atoms with Crippen molar-refractivity contribution >= 4 is 36.4 Å². The Hall–Kier alpha value is -5.40. The minimum absolute atomic E-state index is 0.00990. The Kier molecular flexibility index (Phi) is 17.9. The van der Waals surface area contributed by atoms with E-state index in [0.29, 0.717) is 38.6 Å². The number of carboxylic acids is 1. The Morgan fingerprint density at radius 2 is 1.57 bits per heavy atom. The summed E-state index contributed by atoms with van der Waals surface area (Å²) < 4.78 is 10.7. The summed E-state index contributed by atoms with van der Waals surface area (Å²) in [7, 11) is 0. The van der Waals surface area contributed by atoms with Gasteiger partial charge in [0.2, 0.25) is 18.2 Å². The molecule has 14 heteroatoms. The molecule has 0 radical (unpaired) electrons. The molecule has 1 fully saturated rings. The molecule has 14 nitrogen and oxygen atoms in total. The fourth-order valence-corrected chi connectivity index (χ4v) is 6.43. The summed E-state index contributed by atoms with van der Waals surface area (Å²) in [6.45, 7) is 11.5. The van der Waals surface area contributed by atoms with E-state index >= 15 is 0 Å². The van der Waals surface area contributed by atoms with Gasteiger partial charge in [0.15, 0.2) is 0 Å². The van der Waals surface area contributed by atoms with E-state index in [1.165, 1.54) is 11.8 Å². The van der Waals surface area contributed by atoms with Gasteiger partial charge in [0, 0.05) is 13.1 Å². The maximum absolute atomic E-state index is 14.4. The zero-order chi connectivity index (χ0) is 41.3. The molecule has 3 rings (SSSR count). The number of hydrogen-bond donors (Lipinski definition) is 4. The molecular weight excluding hydrogens is 718 g/mol. The fourth-order valence-electron chi connectivity index (χ4n) is 6.43. The molecule has 2 aromatic rings. The highest BCUT2D eigenvalue weighted by atomic mass is 16.6. The van der Waals surface area contributed by atoms with Crippen molar-refractivity contribution in [3.63, 3.8) is 0 Å². The van der Waals surface area contributed by atoms with Gasteiger partial charge in [-0.05, 0) is 83.3 Å². The third-order valence-electron chi connectivity index (χ3n) is 9.18. The number of nitrogens with one attached hydrogen (secondary N) is 3. The maximum Gasteiger partial charge on any atom is 0.408 e. The average molecular weight is 778 g/mol. The number of aliphatic carboxylic acids is 1. The van der Waals surface area contributed by atoms with Gasteiger partial charge in [0.25, 0.3) is 0 Å². The van der Waals surface area contributed by atoms with Gasteiger partial charge < -0.3 is 40.3 Å². The van der Waals surface area contributed by atoms with Crippen LogP contribution in [-0.2, 0) is 41.7 Å². The molecule has 0 aromatic heterocycles. The number of amides is 5. The summed E-state index contributed by atoms with van der Waals surface area (Å²) in [5.41, 5.74) is 1.06. The lowest BCUT2D eigenvalue weighted by atomic mass is 9.95. The summed E-state index contributed by atoms with van der Waals surface area (Å²) in [5.74, 6) is -2.63. The predicted molar refractivity (Wildman–Crippen MR) is 211 cm³/mol. The van der Waals surface area contributed by atoms with Crippen molar-refractivity contribution in [1.82, 2.24) is 25.8 Å². The van der Waals surface area contributed by atoms with Crippen LogP contribution in [0.5, 0.6) is 0 Å². The van der Waals surface area contributed by atoms with Crippen LogP contribution in [0, 0.1) is 11.8 Å². The van der Waals surface area contributed by atoms with Crippen molar-refractivity contribution < 1.29 is 43.3 Å². The van der Waals surface area contributed by atoms with E-state index in [9.17, 15) is 33.9 Å². The standard InChI is InChI=1S/C42H59N5O9/c1-29(2)25-34(44-41(54)56-42(4,5)6)22-21-33(26-31-15-9-7-10-16-31)38(50)46-24-14-20-36(46)47(28-48)30(3)37(49)45-35(39(51)52)19-13-23-43-40(53)55-27-32-17-11-8-12-18-32/h7-12,15-18,21-22,28-30,33-36H,13-14,19-20,23-27H2,1-6H3,(H,43,53)(H,44,54)(H,45,49)(H,51,52)/b22-21+/t30-,33+,34+,35-,36+/m0/s1. The average Bonchev–Trinajstić information content (AvgIpc) is 3.62. The summed E-state index contributed by atoms with van der Waals surface area (Å²) in [6.07, 6.45) is 4.41. The van der Waals surface area contributed by atoms with Crippen LogP contribution < -0.4 is 16.0 Å². The summed E-state index contributed by atoms with van der Waals surface area (Å²) in [4.78, 5) is 80.2. The normalized spacial score (nSPS) is 16.3. The van der Waals surface area contributed by atoms with Crippen molar-refractivity contribution in [3.8, 4) is 0 Å². The van der Waals surface area contributed by atoms with Crippen molar-refractivity contribution in [2.75, 3.05) is 13.1 Å². The SMILES string of the molecule is CC(C)C[C@@H](/C=C/[C@H](Cc1ccccc1)C(=O)N1CCC[C@H]1N(C=O)[C@@H](C)C(=O)N[C@@H](CCCNC(=O)OCc1ccccc1)C(=O)O)NC(=O)OC(C)(C)C.